The van der Waals surface area contributed by atoms with Crippen LogP contribution in [-0.2, 0) is 11.2 Å². The normalized spacial score (nSPS) is 23.5. The Balaban J connectivity index is 1.56. The monoisotopic (exact) mass is 343 g/mol. The van der Waals surface area contributed by atoms with Crippen LogP contribution in [-0.4, -0.2) is 54.5 Å². The van der Waals surface area contributed by atoms with Crippen molar-refractivity contribution in [2.75, 3.05) is 32.7 Å². The highest BCUT2D eigenvalue weighted by atomic mass is 16.2. The van der Waals surface area contributed by atoms with E-state index in [-0.39, 0.29) is 0 Å². The Bertz CT molecular complexity index is 531. The number of hydrogen-bond donors (Lipinski definition) is 1. The van der Waals surface area contributed by atoms with Gasteiger partial charge in [-0.3, -0.25) is 9.69 Å². The molecular weight excluding hydrogens is 310 g/mol. The van der Waals surface area contributed by atoms with Gasteiger partial charge in [-0.05, 0) is 43.6 Å². The highest BCUT2D eigenvalue weighted by Crippen LogP contribution is 2.35. The van der Waals surface area contributed by atoms with Crippen LogP contribution in [0.2, 0.25) is 0 Å². The Morgan fingerprint density at radius 1 is 1.08 bits per heavy atom. The molecule has 3 rings (SSSR count). The Morgan fingerprint density at radius 2 is 1.84 bits per heavy atom. The van der Waals surface area contributed by atoms with Crippen molar-refractivity contribution in [2.45, 2.75) is 51.0 Å². The van der Waals surface area contributed by atoms with E-state index in [1.165, 1.54) is 44.1 Å². The minimum absolute atomic E-state index is 0.318. The van der Waals surface area contributed by atoms with Gasteiger partial charge in [-0.1, -0.05) is 43.2 Å². The van der Waals surface area contributed by atoms with Gasteiger partial charge < -0.3 is 10.6 Å². The second kappa shape index (κ2) is 9.35. The van der Waals surface area contributed by atoms with Crippen molar-refractivity contribution < 1.29 is 4.79 Å². The van der Waals surface area contributed by atoms with Gasteiger partial charge in [0, 0.05) is 32.2 Å². The number of nitrogens with zero attached hydrogens (tertiary/aromatic N) is 2. The third-order valence-electron chi connectivity index (χ3n) is 5.93. The first kappa shape index (κ1) is 18.4. The molecule has 0 bridgehead atoms. The van der Waals surface area contributed by atoms with Crippen molar-refractivity contribution >= 4 is 5.91 Å². The van der Waals surface area contributed by atoms with Crippen LogP contribution in [0.15, 0.2) is 30.3 Å². The topological polar surface area (TPSA) is 49.6 Å². The smallest absolute Gasteiger partial charge is 0.237 e. The van der Waals surface area contributed by atoms with Gasteiger partial charge in [-0.25, -0.2) is 0 Å². The second-order valence-electron chi connectivity index (χ2n) is 7.64. The maximum Gasteiger partial charge on any atom is 0.237 e. The fourth-order valence-electron chi connectivity index (χ4n) is 4.60. The van der Waals surface area contributed by atoms with Crippen molar-refractivity contribution in [1.29, 1.82) is 0 Å². The minimum atomic E-state index is 0.318. The standard InChI is InChI=1S/C21H33N3O/c22-13-16-23(15-12-18-7-2-1-3-8-18)17-21(25)24-14-6-10-19-9-4-5-11-20(19)24/h1-3,7-8,19-20H,4-6,9-17,22H2. The van der Waals surface area contributed by atoms with Gasteiger partial charge in [0.05, 0.1) is 6.54 Å². The van der Waals surface area contributed by atoms with E-state index in [4.69, 9.17) is 5.73 Å². The summed E-state index contributed by atoms with van der Waals surface area (Å²) in [6, 6.07) is 11.0. The molecule has 1 saturated carbocycles. The fourth-order valence-corrected chi connectivity index (χ4v) is 4.60. The number of nitrogens with two attached hydrogens (primary N) is 1. The van der Waals surface area contributed by atoms with E-state index in [0.717, 1.165) is 32.0 Å². The molecule has 2 unspecified atom stereocenters. The molecule has 25 heavy (non-hydrogen) atoms. The molecule has 1 aromatic rings. The molecule has 2 atom stereocenters. The fraction of sp³-hybridized carbons (Fsp3) is 0.667. The van der Waals surface area contributed by atoms with Gasteiger partial charge in [0.1, 0.15) is 0 Å². The van der Waals surface area contributed by atoms with Gasteiger partial charge in [0.15, 0.2) is 0 Å². The van der Waals surface area contributed by atoms with Crippen LogP contribution in [0.3, 0.4) is 0 Å². The molecular formula is C21H33N3O. The SMILES string of the molecule is NCCN(CCc1ccccc1)CC(=O)N1CCCC2CCCCC21. The maximum absolute atomic E-state index is 13.0. The van der Waals surface area contributed by atoms with Gasteiger partial charge in [-0.15, -0.1) is 0 Å². The van der Waals surface area contributed by atoms with Crippen LogP contribution in [0.5, 0.6) is 0 Å². The van der Waals surface area contributed by atoms with Gasteiger partial charge in [0.2, 0.25) is 5.91 Å². The Morgan fingerprint density at radius 3 is 2.64 bits per heavy atom. The van der Waals surface area contributed by atoms with Crippen molar-refractivity contribution in [3.05, 3.63) is 35.9 Å². The Hall–Kier alpha value is -1.39. The van der Waals surface area contributed by atoms with Crippen LogP contribution < -0.4 is 5.73 Å². The summed E-state index contributed by atoms with van der Waals surface area (Å²) in [6.45, 7) is 3.77. The number of fused-ring (bicyclic) bond motifs is 1. The third kappa shape index (κ3) is 5.05. The summed E-state index contributed by atoms with van der Waals surface area (Å²) < 4.78 is 0. The Labute approximate surface area is 152 Å². The van der Waals surface area contributed by atoms with Crippen LogP contribution in [0.1, 0.15) is 44.1 Å². The summed E-state index contributed by atoms with van der Waals surface area (Å²) in [6.07, 6.45) is 8.61. The number of amides is 1. The maximum atomic E-state index is 13.0. The average Bonchev–Trinajstić information content (AvgIpc) is 2.66. The molecule has 2 aliphatic rings. The van der Waals surface area contributed by atoms with Crippen molar-refractivity contribution in [3.63, 3.8) is 0 Å². The molecule has 1 aliphatic carbocycles. The second-order valence-corrected chi connectivity index (χ2v) is 7.64. The first-order valence-electron chi connectivity index (χ1n) is 10.0. The lowest BCUT2D eigenvalue weighted by atomic mass is 9.78. The molecule has 4 nitrogen and oxygen atoms in total. The molecule has 1 saturated heterocycles. The summed E-state index contributed by atoms with van der Waals surface area (Å²) in [5.74, 6) is 1.07. The van der Waals surface area contributed by atoms with Crippen molar-refractivity contribution in [1.82, 2.24) is 9.80 Å². The summed E-state index contributed by atoms with van der Waals surface area (Å²) in [5, 5.41) is 0. The van der Waals surface area contributed by atoms with E-state index >= 15 is 0 Å². The number of carbonyl (C=O) groups is 1. The first-order valence-corrected chi connectivity index (χ1v) is 10.0. The van der Waals surface area contributed by atoms with E-state index < -0.39 is 0 Å². The molecule has 1 heterocycles. The number of hydrogen-bond acceptors (Lipinski definition) is 3. The Kier molecular flexibility index (Phi) is 6.88. The zero-order chi connectivity index (χ0) is 17.5. The highest BCUT2D eigenvalue weighted by molar-refractivity contribution is 5.78. The van der Waals surface area contributed by atoms with Crippen LogP contribution >= 0.6 is 0 Å². The van der Waals surface area contributed by atoms with E-state index in [2.05, 4.69) is 34.1 Å². The van der Waals surface area contributed by atoms with Gasteiger partial charge >= 0.3 is 0 Å². The summed E-state index contributed by atoms with van der Waals surface area (Å²) in [5.41, 5.74) is 7.11. The van der Waals surface area contributed by atoms with E-state index in [1.807, 2.05) is 6.07 Å². The van der Waals surface area contributed by atoms with Gasteiger partial charge in [0.25, 0.3) is 0 Å². The number of carbonyl (C=O) groups excluding carboxylic acids is 1. The predicted octanol–water partition coefficient (Wildman–Crippen LogP) is 2.67. The molecule has 2 N–H and O–H groups in total. The minimum Gasteiger partial charge on any atom is -0.338 e. The average molecular weight is 344 g/mol. The van der Waals surface area contributed by atoms with Crippen LogP contribution in [0, 0.1) is 5.92 Å². The molecule has 1 aliphatic heterocycles. The molecule has 0 aromatic heterocycles. The molecule has 2 fully saturated rings. The zero-order valence-corrected chi connectivity index (χ0v) is 15.4. The third-order valence-corrected chi connectivity index (χ3v) is 5.93. The number of piperidine rings is 1. The molecule has 1 amide bonds. The number of benzene rings is 1. The van der Waals surface area contributed by atoms with E-state index in [0.29, 0.717) is 25.0 Å². The van der Waals surface area contributed by atoms with Gasteiger partial charge in [-0.2, -0.15) is 0 Å². The number of rotatable bonds is 7. The quantitative estimate of drug-likeness (QED) is 0.828. The summed E-state index contributed by atoms with van der Waals surface area (Å²) in [4.78, 5) is 17.4. The van der Waals surface area contributed by atoms with Crippen LogP contribution in [0.4, 0.5) is 0 Å². The summed E-state index contributed by atoms with van der Waals surface area (Å²) in [7, 11) is 0. The van der Waals surface area contributed by atoms with E-state index in [9.17, 15) is 4.79 Å². The molecule has 138 valence electrons. The van der Waals surface area contributed by atoms with Crippen LogP contribution in [0.25, 0.3) is 0 Å². The zero-order valence-electron chi connectivity index (χ0n) is 15.4. The highest BCUT2D eigenvalue weighted by Gasteiger charge is 2.35. The molecule has 0 radical (unpaired) electrons. The lowest BCUT2D eigenvalue weighted by Gasteiger charge is -2.44. The molecule has 1 aromatic carbocycles. The van der Waals surface area contributed by atoms with Crippen molar-refractivity contribution in [2.24, 2.45) is 11.7 Å². The molecule has 4 heteroatoms. The summed E-state index contributed by atoms with van der Waals surface area (Å²) >= 11 is 0. The van der Waals surface area contributed by atoms with Crippen molar-refractivity contribution in [3.8, 4) is 0 Å². The largest absolute Gasteiger partial charge is 0.338 e. The lowest BCUT2D eigenvalue weighted by molar-refractivity contribution is -0.138. The lowest BCUT2D eigenvalue weighted by Crippen LogP contribution is -2.52. The predicted molar refractivity (Wildman–Crippen MR) is 102 cm³/mol. The van der Waals surface area contributed by atoms with E-state index in [1.54, 1.807) is 0 Å². The first-order chi connectivity index (χ1) is 12.3. The molecule has 0 spiro atoms. The number of likely N-dealkylation sites (tertiary alicyclic amines) is 1.